The summed E-state index contributed by atoms with van der Waals surface area (Å²) in [5, 5.41) is 16.0. The lowest BCUT2D eigenvalue weighted by molar-refractivity contribution is -0.392. The first kappa shape index (κ1) is 21.9. The summed E-state index contributed by atoms with van der Waals surface area (Å²) in [6.07, 6.45) is 0.520. The molecular formula is C14H16Cl3N7O4. The number of nitrogens with zero attached hydrogens (tertiary/aromatic N) is 5. The predicted molar refractivity (Wildman–Crippen MR) is 103 cm³/mol. The van der Waals surface area contributed by atoms with Crippen molar-refractivity contribution in [2.24, 2.45) is 0 Å². The zero-order valence-corrected chi connectivity index (χ0v) is 17.0. The average molecular weight is 453 g/mol. The average Bonchev–Trinajstić information content (AvgIpc) is 2.95. The van der Waals surface area contributed by atoms with Gasteiger partial charge in [-0.25, -0.2) is 24.3 Å². The Balaban J connectivity index is 1.95. The van der Waals surface area contributed by atoms with E-state index < -0.39 is 21.0 Å². The third-order valence-corrected chi connectivity index (χ3v) is 4.08. The van der Waals surface area contributed by atoms with Crippen molar-refractivity contribution >= 4 is 52.7 Å². The molecule has 2 aromatic heterocycles. The number of carbonyl (C=O) groups is 1. The number of hydrogen-bond donors (Lipinski definition) is 2. The van der Waals surface area contributed by atoms with Gasteiger partial charge in [-0.05, 0) is 17.9 Å². The quantitative estimate of drug-likeness (QED) is 0.283. The van der Waals surface area contributed by atoms with Crippen LogP contribution in [-0.2, 0) is 11.3 Å². The number of nitro groups is 1. The summed E-state index contributed by atoms with van der Waals surface area (Å²) in [6.45, 7) is 3.20. The largest absolute Gasteiger partial charge is 0.445 e. The van der Waals surface area contributed by atoms with Crippen molar-refractivity contribution in [2.75, 3.05) is 11.9 Å². The van der Waals surface area contributed by atoms with E-state index in [1.165, 1.54) is 10.8 Å². The van der Waals surface area contributed by atoms with Gasteiger partial charge in [-0.1, -0.05) is 34.8 Å². The molecule has 0 spiro atoms. The molecule has 2 aromatic rings. The summed E-state index contributed by atoms with van der Waals surface area (Å²) >= 11 is 17.6. The fourth-order valence-corrected chi connectivity index (χ4v) is 2.44. The second-order valence-electron chi connectivity index (χ2n) is 5.49. The predicted octanol–water partition coefficient (Wildman–Crippen LogP) is 2.73. The third kappa shape index (κ3) is 6.08. The summed E-state index contributed by atoms with van der Waals surface area (Å²) in [5.74, 6) is 0.341. The highest BCUT2D eigenvalue weighted by Crippen LogP contribution is 2.30. The van der Waals surface area contributed by atoms with E-state index in [-0.39, 0.29) is 24.9 Å². The number of imidazole rings is 1. The number of amides is 1. The molecule has 0 saturated carbocycles. The summed E-state index contributed by atoms with van der Waals surface area (Å²) in [4.78, 5) is 34.3. The molecule has 0 radical (unpaired) electrons. The molecule has 11 nitrogen and oxygen atoms in total. The molecule has 2 rings (SSSR count). The summed E-state index contributed by atoms with van der Waals surface area (Å²) in [7, 11) is 0. The van der Waals surface area contributed by atoms with Crippen LogP contribution in [0.2, 0.25) is 0 Å². The third-order valence-electron chi connectivity index (χ3n) is 3.43. The van der Waals surface area contributed by atoms with Gasteiger partial charge < -0.3 is 20.2 Å². The summed E-state index contributed by atoms with van der Waals surface area (Å²) in [5.41, 5.74) is 0.667. The normalized spacial score (nSPS) is 12.3. The number of aryl methyl sites for hydroxylation is 2. The number of aromatic nitrogens is 4. The molecule has 0 aliphatic rings. The minimum Gasteiger partial charge on any atom is -0.445 e. The summed E-state index contributed by atoms with van der Waals surface area (Å²) in [6, 6.07) is 1.68. The maximum absolute atomic E-state index is 12.0. The van der Waals surface area contributed by atoms with Crippen molar-refractivity contribution in [1.82, 2.24) is 24.8 Å². The molecule has 14 heteroatoms. The number of nitrogens with one attached hydrogen (secondary N) is 2. The molecule has 2 N–H and O–H groups in total. The fourth-order valence-electron chi connectivity index (χ4n) is 2.11. The van der Waals surface area contributed by atoms with E-state index in [2.05, 4.69) is 25.6 Å². The monoisotopic (exact) mass is 451 g/mol. The van der Waals surface area contributed by atoms with Crippen LogP contribution in [0, 0.1) is 24.0 Å². The van der Waals surface area contributed by atoms with E-state index >= 15 is 0 Å². The number of carbonyl (C=O) groups excluding carboxylic acids is 1. The van der Waals surface area contributed by atoms with Crippen LogP contribution in [0.1, 0.15) is 11.5 Å². The van der Waals surface area contributed by atoms with Crippen LogP contribution in [0.5, 0.6) is 0 Å². The van der Waals surface area contributed by atoms with Gasteiger partial charge in [-0.3, -0.25) is 5.32 Å². The minimum absolute atomic E-state index is 0.0302. The van der Waals surface area contributed by atoms with Crippen LogP contribution in [-0.4, -0.2) is 47.1 Å². The van der Waals surface area contributed by atoms with Crippen molar-refractivity contribution in [3.63, 3.8) is 0 Å². The molecule has 0 saturated heterocycles. The van der Waals surface area contributed by atoms with Gasteiger partial charge in [0.25, 0.3) is 0 Å². The van der Waals surface area contributed by atoms with Gasteiger partial charge in [0.2, 0.25) is 9.74 Å². The van der Waals surface area contributed by atoms with Crippen molar-refractivity contribution in [3.8, 4) is 0 Å². The van der Waals surface area contributed by atoms with E-state index in [1.54, 1.807) is 19.9 Å². The van der Waals surface area contributed by atoms with Crippen molar-refractivity contribution in [3.05, 3.63) is 40.1 Å². The molecular weight excluding hydrogens is 437 g/mol. The highest BCUT2D eigenvalue weighted by atomic mass is 35.6. The fraction of sp³-hybridized carbons (Fsp3) is 0.429. The number of anilines is 1. The van der Waals surface area contributed by atoms with Gasteiger partial charge in [0.05, 0.1) is 0 Å². The van der Waals surface area contributed by atoms with Crippen LogP contribution in [0.3, 0.4) is 0 Å². The topological polar surface area (TPSA) is 137 Å². The number of ether oxygens (including phenoxy) is 1. The molecule has 0 aliphatic carbocycles. The first-order valence-corrected chi connectivity index (χ1v) is 8.94. The van der Waals surface area contributed by atoms with Crippen LogP contribution in [0.25, 0.3) is 0 Å². The molecule has 0 aromatic carbocycles. The van der Waals surface area contributed by atoms with Crippen molar-refractivity contribution in [2.45, 2.75) is 30.4 Å². The molecule has 152 valence electrons. The molecule has 1 atom stereocenters. The Morgan fingerprint density at radius 3 is 2.71 bits per heavy atom. The zero-order valence-electron chi connectivity index (χ0n) is 14.7. The number of halogens is 3. The van der Waals surface area contributed by atoms with Crippen molar-refractivity contribution < 1.29 is 14.5 Å². The van der Waals surface area contributed by atoms with E-state index in [0.29, 0.717) is 11.5 Å². The van der Waals surface area contributed by atoms with E-state index in [1.807, 2.05) is 0 Å². The molecule has 1 amide bonds. The first-order chi connectivity index (χ1) is 13.1. The van der Waals surface area contributed by atoms with E-state index in [9.17, 15) is 14.9 Å². The smallest absolute Gasteiger partial charge is 0.409 e. The Hall–Kier alpha value is -2.37. The Morgan fingerprint density at radius 1 is 1.39 bits per heavy atom. The highest BCUT2D eigenvalue weighted by molar-refractivity contribution is 6.68. The standard InChI is InChI=1S/C14H16Cl3N7O4/c1-8-3-4-18-12(20-8)21-11(14(15,16)17)22-13(25)28-6-5-23-9(2)19-7-10(23)24(26)27/h3-4,7,11H,5-6H2,1-2H3,(H,22,25)(H,18,20,21). The van der Waals surface area contributed by atoms with Gasteiger partial charge >= 0.3 is 11.9 Å². The van der Waals surface area contributed by atoms with Gasteiger partial charge in [-0.15, -0.1) is 0 Å². The Labute approximate surface area is 174 Å². The van der Waals surface area contributed by atoms with E-state index in [4.69, 9.17) is 39.5 Å². The molecule has 0 aliphatic heterocycles. The summed E-state index contributed by atoms with van der Waals surface area (Å²) < 4.78 is 4.38. The molecule has 0 fully saturated rings. The van der Waals surface area contributed by atoms with Crippen LogP contribution in [0.15, 0.2) is 18.5 Å². The lowest BCUT2D eigenvalue weighted by Crippen LogP contribution is -2.49. The molecule has 2 heterocycles. The Morgan fingerprint density at radius 2 is 2.11 bits per heavy atom. The minimum atomic E-state index is -1.94. The maximum Gasteiger partial charge on any atom is 0.409 e. The maximum atomic E-state index is 12.0. The number of alkyl carbamates (subject to hydrolysis) is 1. The number of hydrogen-bond acceptors (Lipinski definition) is 8. The molecule has 1 unspecified atom stereocenters. The number of rotatable bonds is 7. The zero-order chi connectivity index (χ0) is 20.9. The van der Waals surface area contributed by atoms with Crippen molar-refractivity contribution in [1.29, 1.82) is 0 Å². The second-order valence-corrected chi connectivity index (χ2v) is 7.86. The van der Waals surface area contributed by atoms with Crippen LogP contribution in [0.4, 0.5) is 16.6 Å². The number of alkyl halides is 3. The van der Waals surface area contributed by atoms with Gasteiger partial charge in [-0.2, -0.15) is 0 Å². The molecule has 0 bridgehead atoms. The lowest BCUT2D eigenvalue weighted by Gasteiger charge is -2.26. The Bertz CT molecular complexity index is 856. The second kappa shape index (κ2) is 9.22. The van der Waals surface area contributed by atoms with Crippen LogP contribution < -0.4 is 10.6 Å². The van der Waals surface area contributed by atoms with Gasteiger partial charge in [0.1, 0.15) is 19.3 Å². The SMILES string of the molecule is Cc1ccnc(NC(NC(=O)OCCn2c([N+](=O)[O-])cnc2C)C(Cl)(Cl)Cl)n1. The van der Waals surface area contributed by atoms with Crippen LogP contribution >= 0.6 is 34.8 Å². The first-order valence-electron chi connectivity index (χ1n) is 7.80. The lowest BCUT2D eigenvalue weighted by atomic mass is 10.4. The highest BCUT2D eigenvalue weighted by Gasteiger charge is 2.35. The van der Waals surface area contributed by atoms with Gasteiger partial charge in [0, 0.05) is 18.8 Å². The van der Waals surface area contributed by atoms with Gasteiger partial charge in [0.15, 0.2) is 12.0 Å². The molecule has 28 heavy (non-hydrogen) atoms. The van der Waals surface area contributed by atoms with E-state index in [0.717, 1.165) is 6.20 Å². The Kier molecular flexibility index (Phi) is 7.22.